The molecule has 3 aromatic rings. The van der Waals surface area contributed by atoms with Crippen molar-refractivity contribution >= 4 is 34.1 Å². The van der Waals surface area contributed by atoms with Crippen LogP contribution < -0.4 is 10.9 Å². The molecule has 0 unspecified atom stereocenters. The van der Waals surface area contributed by atoms with Crippen molar-refractivity contribution < 1.29 is 9.53 Å². The second kappa shape index (κ2) is 7.68. The normalized spacial score (nSPS) is 10.9. The average Bonchev–Trinajstić information content (AvgIpc) is 2.62. The zero-order valence-electron chi connectivity index (χ0n) is 14.5. The van der Waals surface area contributed by atoms with Crippen LogP contribution in [0.2, 0.25) is 5.02 Å². The van der Waals surface area contributed by atoms with E-state index in [0.717, 1.165) is 0 Å². The summed E-state index contributed by atoms with van der Waals surface area (Å²) in [5.74, 6) is 0.231. The summed E-state index contributed by atoms with van der Waals surface area (Å²) < 4.78 is 6.59. The van der Waals surface area contributed by atoms with Crippen LogP contribution in [0.5, 0.6) is 0 Å². The first-order chi connectivity index (χ1) is 12.5. The molecule has 0 bridgehead atoms. The van der Waals surface area contributed by atoms with E-state index >= 15 is 0 Å². The highest BCUT2D eigenvalue weighted by Gasteiger charge is 2.12. The lowest BCUT2D eigenvalue weighted by atomic mass is 10.2. The number of anilines is 1. The monoisotopic (exact) mass is 371 g/mol. The van der Waals surface area contributed by atoms with Gasteiger partial charge in [-0.1, -0.05) is 23.7 Å². The van der Waals surface area contributed by atoms with Gasteiger partial charge in [0.1, 0.15) is 12.4 Å². The number of nitrogens with zero attached hydrogens (tertiary/aromatic N) is 2. The van der Waals surface area contributed by atoms with Crippen molar-refractivity contribution in [2.75, 3.05) is 18.5 Å². The Balaban J connectivity index is 2.05. The predicted octanol–water partition coefficient (Wildman–Crippen LogP) is 3.32. The Hall–Kier alpha value is -2.70. The summed E-state index contributed by atoms with van der Waals surface area (Å²) in [4.78, 5) is 29.3. The fraction of sp³-hybridized carbons (Fsp3) is 0.211. The van der Waals surface area contributed by atoms with Gasteiger partial charge < -0.3 is 10.1 Å². The zero-order chi connectivity index (χ0) is 18.7. The standard InChI is InChI=1S/C19H18ClN3O3/c1-3-26-11-18(24)22-17-10-13(8-9-15(17)20)23-12(2)21-16-7-5-4-6-14(16)19(23)25/h4-10H,3,11H2,1-2H3,(H,22,24). The summed E-state index contributed by atoms with van der Waals surface area (Å²) in [6.45, 7) is 3.95. The van der Waals surface area contributed by atoms with Gasteiger partial charge in [-0.2, -0.15) is 0 Å². The third-order valence-electron chi connectivity index (χ3n) is 3.86. The molecule has 1 amide bonds. The maximum absolute atomic E-state index is 12.9. The van der Waals surface area contributed by atoms with Crippen molar-refractivity contribution in [3.05, 3.63) is 63.7 Å². The lowest BCUT2D eigenvalue weighted by molar-refractivity contribution is -0.120. The summed E-state index contributed by atoms with van der Waals surface area (Å²) in [6, 6.07) is 12.2. The Bertz CT molecular complexity index is 1030. The lowest BCUT2D eigenvalue weighted by Gasteiger charge is -2.13. The van der Waals surface area contributed by atoms with Gasteiger partial charge in [-0.15, -0.1) is 0 Å². The first-order valence-electron chi connectivity index (χ1n) is 8.17. The van der Waals surface area contributed by atoms with Gasteiger partial charge in [0.2, 0.25) is 5.91 Å². The zero-order valence-corrected chi connectivity index (χ0v) is 15.2. The summed E-state index contributed by atoms with van der Waals surface area (Å²) in [6.07, 6.45) is 0. The number of rotatable bonds is 5. The van der Waals surface area contributed by atoms with E-state index in [1.807, 2.05) is 13.0 Å². The van der Waals surface area contributed by atoms with Crippen LogP contribution in [-0.4, -0.2) is 28.7 Å². The minimum atomic E-state index is -0.313. The number of para-hydroxylation sites is 1. The maximum Gasteiger partial charge on any atom is 0.265 e. The molecule has 134 valence electrons. The van der Waals surface area contributed by atoms with Gasteiger partial charge in [-0.25, -0.2) is 4.98 Å². The van der Waals surface area contributed by atoms with Crippen molar-refractivity contribution in [3.8, 4) is 5.69 Å². The lowest BCUT2D eigenvalue weighted by Crippen LogP contribution is -2.23. The number of amides is 1. The fourth-order valence-corrected chi connectivity index (χ4v) is 2.84. The second-order valence-corrected chi connectivity index (χ2v) is 6.07. The van der Waals surface area contributed by atoms with Crippen LogP contribution in [-0.2, 0) is 9.53 Å². The first-order valence-corrected chi connectivity index (χ1v) is 8.55. The molecule has 0 fully saturated rings. The van der Waals surface area contributed by atoms with E-state index in [1.54, 1.807) is 43.3 Å². The van der Waals surface area contributed by atoms with Crippen LogP contribution in [0, 0.1) is 6.92 Å². The Morgan fingerprint density at radius 3 is 2.81 bits per heavy atom. The molecule has 2 aromatic carbocycles. The summed E-state index contributed by atoms with van der Waals surface area (Å²) >= 11 is 6.18. The SMILES string of the molecule is CCOCC(=O)Nc1cc(-n2c(C)nc3ccccc3c2=O)ccc1Cl. The number of aryl methyl sites for hydroxylation is 1. The molecule has 0 saturated carbocycles. The molecule has 1 N–H and O–H groups in total. The Morgan fingerprint density at radius 2 is 2.04 bits per heavy atom. The molecular formula is C19H18ClN3O3. The van der Waals surface area contributed by atoms with Crippen LogP contribution in [0.15, 0.2) is 47.3 Å². The minimum absolute atomic E-state index is 0.0619. The molecule has 1 heterocycles. The van der Waals surface area contributed by atoms with E-state index in [1.165, 1.54) is 4.57 Å². The van der Waals surface area contributed by atoms with Crippen molar-refractivity contribution in [1.82, 2.24) is 9.55 Å². The van der Waals surface area contributed by atoms with E-state index in [9.17, 15) is 9.59 Å². The summed E-state index contributed by atoms with van der Waals surface area (Å²) in [5, 5.41) is 3.60. The van der Waals surface area contributed by atoms with E-state index in [0.29, 0.717) is 39.7 Å². The third kappa shape index (κ3) is 3.61. The molecule has 0 aliphatic carbocycles. The Kier molecular flexibility index (Phi) is 5.35. The highest BCUT2D eigenvalue weighted by molar-refractivity contribution is 6.33. The summed E-state index contributed by atoms with van der Waals surface area (Å²) in [7, 11) is 0. The van der Waals surface area contributed by atoms with Gasteiger partial charge in [-0.3, -0.25) is 14.2 Å². The number of hydrogen-bond acceptors (Lipinski definition) is 4. The Morgan fingerprint density at radius 1 is 1.27 bits per heavy atom. The van der Waals surface area contributed by atoms with Crippen molar-refractivity contribution in [2.45, 2.75) is 13.8 Å². The van der Waals surface area contributed by atoms with Crippen LogP contribution in [0.25, 0.3) is 16.6 Å². The quantitative estimate of drug-likeness (QED) is 0.746. The van der Waals surface area contributed by atoms with Crippen LogP contribution in [0.1, 0.15) is 12.7 Å². The van der Waals surface area contributed by atoms with Gasteiger partial charge in [0.15, 0.2) is 0 Å². The largest absolute Gasteiger partial charge is 0.372 e. The van der Waals surface area contributed by atoms with Gasteiger partial charge >= 0.3 is 0 Å². The molecule has 6 nitrogen and oxygen atoms in total. The molecule has 1 aromatic heterocycles. The van der Waals surface area contributed by atoms with Crippen LogP contribution in [0.3, 0.4) is 0 Å². The number of hydrogen-bond donors (Lipinski definition) is 1. The molecule has 0 aliphatic heterocycles. The van der Waals surface area contributed by atoms with E-state index in [-0.39, 0.29) is 18.1 Å². The first kappa shape index (κ1) is 18.1. The number of benzene rings is 2. The number of aromatic nitrogens is 2. The molecule has 26 heavy (non-hydrogen) atoms. The highest BCUT2D eigenvalue weighted by Crippen LogP contribution is 2.25. The fourth-order valence-electron chi connectivity index (χ4n) is 2.68. The number of carbonyl (C=O) groups excluding carboxylic acids is 1. The minimum Gasteiger partial charge on any atom is -0.372 e. The van der Waals surface area contributed by atoms with Crippen molar-refractivity contribution in [3.63, 3.8) is 0 Å². The van der Waals surface area contributed by atoms with Crippen molar-refractivity contribution in [2.24, 2.45) is 0 Å². The van der Waals surface area contributed by atoms with Gasteiger partial charge in [0.25, 0.3) is 5.56 Å². The van der Waals surface area contributed by atoms with Crippen LogP contribution >= 0.6 is 11.6 Å². The van der Waals surface area contributed by atoms with Gasteiger partial charge in [-0.05, 0) is 44.2 Å². The number of nitrogens with one attached hydrogen (secondary N) is 1. The van der Waals surface area contributed by atoms with E-state index in [2.05, 4.69) is 10.3 Å². The predicted molar refractivity (Wildman–Crippen MR) is 102 cm³/mol. The highest BCUT2D eigenvalue weighted by atomic mass is 35.5. The molecule has 7 heteroatoms. The maximum atomic E-state index is 12.9. The number of carbonyl (C=O) groups is 1. The molecule has 0 aliphatic rings. The topological polar surface area (TPSA) is 73.2 Å². The molecule has 3 rings (SSSR count). The molecular weight excluding hydrogens is 354 g/mol. The molecule has 0 spiro atoms. The van der Waals surface area contributed by atoms with E-state index in [4.69, 9.17) is 16.3 Å². The average molecular weight is 372 g/mol. The number of ether oxygens (including phenoxy) is 1. The molecule has 0 atom stereocenters. The third-order valence-corrected chi connectivity index (χ3v) is 4.19. The molecule has 0 radical (unpaired) electrons. The number of halogens is 1. The van der Waals surface area contributed by atoms with Crippen molar-refractivity contribution in [1.29, 1.82) is 0 Å². The summed E-state index contributed by atoms with van der Waals surface area (Å²) in [5.41, 5.74) is 1.45. The van der Waals surface area contributed by atoms with Gasteiger partial charge in [0, 0.05) is 6.61 Å². The molecule has 0 saturated heterocycles. The second-order valence-electron chi connectivity index (χ2n) is 5.67. The van der Waals surface area contributed by atoms with E-state index < -0.39 is 0 Å². The van der Waals surface area contributed by atoms with Crippen LogP contribution in [0.4, 0.5) is 5.69 Å². The Labute approximate surface area is 155 Å². The smallest absolute Gasteiger partial charge is 0.265 e. The van der Waals surface area contributed by atoms with Gasteiger partial charge in [0.05, 0.1) is 27.3 Å². The number of fused-ring (bicyclic) bond motifs is 1.